The van der Waals surface area contributed by atoms with Gasteiger partial charge < -0.3 is 15.5 Å². The second-order valence-electron chi connectivity index (χ2n) is 6.66. The number of rotatable bonds is 6. The molecule has 1 aliphatic rings. The zero-order valence-corrected chi connectivity index (χ0v) is 15.7. The van der Waals surface area contributed by atoms with E-state index in [2.05, 4.69) is 10.6 Å². The molecule has 0 bridgehead atoms. The Morgan fingerprint density at radius 1 is 1.07 bits per heavy atom. The highest BCUT2D eigenvalue weighted by Gasteiger charge is 2.21. The molecule has 28 heavy (non-hydrogen) atoms. The number of amides is 3. The van der Waals surface area contributed by atoms with Crippen LogP contribution in [0.2, 0.25) is 0 Å². The largest absolute Gasteiger partial charge is 0.341 e. The molecule has 6 nitrogen and oxygen atoms in total. The molecule has 0 aromatic heterocycles. The molecule has 0 aliphatic carbocycles. The van der Waals surface area contributed by atoms with E-state index in [0.29, 0.717) is 12.1 Å². The molecule has 0 unspecified atom stereocenters. The van der Waals surface area contributed by atoms with Crippen molar-refractivity contribution < 1.29 is 14.4 Å². The van der Waals surface area contributed by atoms with Crippen molar-refractivity contribution in [3.63, 3.8) is 0 Å². The Morgan fingerprint density at radius 2 is 1.79 bits per heavy atom. The predicted molar refractivity (Wildman–Crippen MR) is 110 cm³/mol. The molecule has 144 valence electrons. The third-order valence-corrected chi connectivity index (χ3v) is 4.50. The summed E-state index contributed by atoms with van der Waals surface area (Å²) in [6.45, 7) is 2.35. The standard InChI is InChI=1S/C22H23N3O3/c1-16(23-20(26)14-9-17-6-3-2-4-7-17)22(28)24-18-10-12-19(13-11-18)25-15-5-8-21(25)27/h2-4,6-7,9-14,16H,5,8,15H2,1H3,(H,23,26)(H,24,28)/b14-9+/t16-/m0/s1. The summed E-state index contributed by atoms with van der Waals surface area (Å²) in [6, 6.07) is 15.9. The van der Waals surface area contributed by atoms with E-state index in [4.69, 9.17) is 0 Å². The van der Waals surface area contributed by atoms with E-state index in [0.717, 1.165) is 24.2 Å². The lowest BCUT2D eigenvalue weighted by molar-refractivity contribution is -0.123. The molecule has 1 fully saturated rings. The van der Waals surface area contributed by atoms with Crippen molar-refractivity contribution in [2.24, 2.45) is 0 Å². The number of carbonyl (C=O) groups is 3. The van der Waals surface area contributed by atoms with Crippen molar-refractivity contribution >= 4 is 35.2 Å². The molecule has 3 amide bonds. The predicted octanol–water partition coefficient (Wildman–Crippen LogP) is 2.97. The fourth-order valence-electron chi connectivity index (χ4n) is 2.96. The maximum absolute atomic E-state index is 12.3. The van der Waals surface area contributed by atoms with Crippen molar-refractivity contribution in [2.45, 2.75) is 25.8 Å². The first-order valence-electron chi connectivity index (χ1n) is 9.28. The lowest BCUT2D eigenvalue weighted by Crippen LogP contribution is -2.40. The van der Waals surface area contributed by atoms with Crippen LogP contribution in [0.5, 0.6) is 0 Å². The van der Waals surface area contributed by atoms with Crippen molar-refractivity contribution in [3.8, 4) is 0 Å². The summed E-state index contributed by atoms with van der Waals surface area (Å²) in [5.41, 5.74) is 2.35. The van der Waals surface area contributed by atoms with Crippen LogP contribution in [0.15, 0.2) is 60.7 Å². The van der Waals surface area contributed by atoms with Gasteiger partial charge in [-0.25, -0.2) is 0 Å². The molecule has 2 aromatic rings. The minimum absolute atomic E-state index is 0.122. The van der Waals surface area contributed by atoms with Gasteiger partial charge >= 0.3 is 0 Å². The summed E-state index contributed by atoms with van der Waals surface area (Å²) in [5, 5.41) is 5.41. The smallest absolute Gasteiger partial charge is 0.246 e. The first-order valence-corrected chi connectivity index (χ1v) is 9.28. The Kier molecular flexibility index (Phi) is 6.22. The first-order chi connectivity index (χ1) is 13.5. The van der Waals surface area contributed by atoms with E-state index in [9.17, 15) is 14.4 Å². The number of hydrogen-bond donors (Lipinski definition) is 2. The van der Waals surface area contributed by atoms with Crippen LogP contribution < -0.4 is 15.5 Å². The first kappa shape index (κ1) is 19.4. The number of carbonyl (C=O) groups excluding carboxylic acids is 3. The van der Waals surface area contributed by atoms with Gasteiger partial charge in [-0.2, -0.15) is 0 Å². The highest BCUT2D eigenvalue weighted by atomic mass is 16.2. The molecule has 2 N–H and O–H groups in total. The Labute approximate surface area is 164 Å². The zero-order chi connectivity index (χ0) is 19.9. The zero-order valence-electron chi connectivity index (χ0n) is 15.7. The molecular weight excluding hydrogens is 354 g/mol. The fourth-order valence-corrected chi connectivity index (χ4v) is 2.96. The molecule has 2 aromatic carbocycles. The lowest BCUT2D eigenvalue weighted by Gasteiger charge is -2.17. The molecule has 0 saturated carbocycles. The molecule has 1 atom stereocenters. The minimum atomic E-state index is -0.687. The summed E-state index contributed by atoms with van der Waals surface area (Å²) < 4.78 is 0. The Hall–Kier alpha value is -3.41. The number of nitrogens with zero attached hydrogens (tertiary/aromatic N) is 1. The minimum Gasteiger partial charge on any atom is -0.341 e. The number of benzene rings is 2. The molecule has 6 heteroatoms. The molecule has 3 rings (SSSR count). The van der Waals surface area contributed by atoms with Gasteiger partial charge in [0.25, 0.3) is 0 Å². The van der Waals surface area contributed by atoms with E-state index in [1.54, 1.807) is 30.0 Å². The molecule has 1 aliphatic heterocycles. The van der Waals surface area contributed by atoms with E-state index in [1.807, 2.05) is 42.5 Å². The van der Waals surface area contributed by atoms with Gasteiger partial charge in [-0.3, -0.25) is 14.4 Å². The van der Waals surface area contributed by atoms with Crippen LogP contribution >= 0.6 is 0 Å². The number of nitrogens with one attached hydrogen (secondary N) is 2. The molecular formula is C22H23N3O3. The van der Waals surface area contributed by atoms with Gasteiger partial charge in [0.05, 0.1) is 0 Å². The summed E-state index contributed by atoms with van der Waals surface area (Å²) in [6.07, 6.45) is 4.54. The van der Waals surface area contributed by atoms with E-state index in [1.165, 1.54) is 6.08 Å². The topological polar surface area (TPSA) is 78.5 Å². The highest BCUT2D eigenvalue weighted by Crippen LogP contribution is 2.23. The van der Waals surface area contributed by atoms with E-state index >= 15 is 0 Å². The second kappa shape index (κ2) is 8.99. The van der Waals surface area contributed by atoms with Crippen molar-refractivity contribution in [2.75, 3.05) is 16.8 Å². The SMILES string of the molecule is C[C@H](NC(=O)/C=C/c1ccccc1)C(=O)Nc1ccc(N2CCCC2=O)cc1. The summed E-state index contributed by atoms with van der Waals surface area (Å²) in [4.78, 5) is 37.8. The van der Waals surface area contributed by atoms with Crippen LogP contribution in [-0.4, -0.2) is 30.3 Å². The van der Waals surface area contributed by atoms with Gasteiger partial charge in [-0.1, -0.05) is 30.3 Å². The molecule has 1 heterocycles. The summed E-state index contributed by atoms with van der Waals surface area (Å²) in [7, 11) is 0. The Balaban J connectivity index is 1.51. The van der Waals surface area contributed by atoms with Gasteiger partial charge in [0.15, 0.2) is 0 Å². The normalized spacial score (nSPS) is 14.9. The van der Waals surface area contributed by atoms with Gasteiger partial charge in [0, 0.05) is 30.4 Å². The third kappa shape index (κ3) is 5.07. The van der Waals surface area contributed by atoms with Crippen molar-refractivity contribution in [3.05, 3.63) is 66.2 Å². The number of anilines is 2. The van der Waals surface area contributed by atoms with E-state index < -0.39 is 6.04 Å². The Bertz CT molecular complexity index is 876. The van der Waals surface area contributed by atoms with Crippen LogP contribution in [0, 0.1) is 0 Å². The van der Waals surface area contributed by atoms with Crippen molar-refractivity contribution in [1.29, 1.82) is 0 Å². The van der Waals surface area contributed by atoms with Crippen LogP contribution in [0.4, 0.5) is 11.4 Å². The quantitative estimate of drug-likeness (QED) is 0.760. The summed E-state index contributed by atoms with van der Waals surface area (Å²) in [5.74, 6) is -0.530. The van der Waals surface area contributed by atoms with Gasteiger partial charge in [0.1, 0.15) is 6.04 Å². The van der Waals surface area contributed by atoms with Crippen LogP contribution in [0.25, 0.3) is 6.08 Å². The molecule has 1 saturated heterocycles. The average molecular weight is 377 g/mol. The van der Waals surface area contributed by atoms with Crippen LogP contribution in [-0.2, 0) is 14.4 Å². The summed E-state index contributed by atoms with van der Waals surface area (Å²) >= 11 is 0. The molecule has 0 radical (unpaired) electrons. The monoisotopic (exact) mass is 377 g/mol. The molecule has 0 spiro atoms. The van der Waals surface area contributed by atoms with Crippen LogP contribution in [0.1, 0.15) is 25.3 Å². The fraction of sp³-hybridized carbons (Fsp3) is 0.227. The number of hydrogen-bond acceptors (Lipinski definition) is 3. The Morgan fingerprint density at radius 3 is 2.43 bits per heavy atom. The highest BCUT2D eigenvalue weighted by molar-refractivity contribution is 6.00. The maximum atomic E-state index is 12.3. The lowest BCUT2D eigenvalue weighted by atomic mass is 10.2. The van der Waals surface area contributed by atoms with E-state index in [-0.39, 0.29) is 17.7 Å². The third-order valence-electron chi connectivity index (χ3n) is 4.50. The van der Waals surface area contributed by atoms with Gasteiger partial charge in [-0.15, -0.1) is 0 Å². The van der Waals surface area contributed by atoms with Crippen molar-refractivity contribution in [1.82, 2.24) is 5.32 Å². The van der Waals surface area contributed by atoms with Gasteiger partial charge in [0.2, 0.25) is 17.7 Å². The van der Waals surface area contributed by atoms with Crippen LogP contribution in [0.3, 0.4) is 0 Å². The average Bonchev–Trinajstić information content (AvgIpc) is 3.13. The maximum Gasteiger partial charge on any atom is 0.246 e. The second-order valence-corrected chi connectivity index (χ2v) is 6.66. The van der Waals surface area contributed by atoms with Gasteiger partial charge in [-0.05, 0) is 49.2 Å².